The highest BCUT2D eigenvalue weighted by Gasteiger charge is 2.16. The minimum Gasteiger partial charge on any atom is -0.313 e. The van der Waals surface area contributed by atoms with Gasteiger partial charge in [-0.05, 0) is 37.1 Å². The van der Waals surface area contributed by atoms with Gasteiger partial charge in [0.15, 0.2) is 0 Å². The van der Waals surface area contributed by atoms with Crippen molar-refractivity contribution in [3.8, 4) is 0 Å². The highest BCUT2D eigenvalue weighted by atomic mass is 19.1. The largest absolute Gasteiger partial charge is 0.313 e. The van der Waals surface area contributed by atoms with Crippen LogP contribution >= 0.6 is 0 Å². The van der Waals surface area contributed by atoms with Crippen molar-refractivity contribution in [1.29, 1.82) is 0 Å². The summed E-state index contributed by atoms with van der Waals surface area (Å²) in [6, 6.07) is 5.73. The third-order valence-electron chi connectivity index (χ3n) is 3.08. The Labute approximate surface area is 91.7 Å². The molecule has 2 unspecified atom stereocenters. The first-order valence-electron chi connectivity index (χ1n) is 5.53. The van der Waals surface area contributed by atoms with Gasteiger partial charge in [0.25, 0.3) is 0 Å². The van der Waals surface area contributed by atoms with E-state index in [0.717, 1.165) is 12.0 Å². The Morgan fingerprint density at radius 3 is 2.53 bits per heavy atom. The van der Waals surface area contributed by atoms with Crippen LogP contribution in [-0.2, 0) is 0 Å². The van der Waals surface area contributed by atoms with Crippen molar-refractivity contribution in [3.05, 3.63) is 35.1 Å². The van der Waals surface area contributed by atoms with Crippen LogP contribution in [0.15, 0.2) is 18.2 Å². The van der Waals surface area contributed by atoms with E-state index in [9.17, 15) is 4.39 Å². The quantitative estimate of drug-likeness (QED) is 0.801. The summed E-state index contributed by atoms with van der Waals surface area (Å²) in [4.78, 5) is 0. The van der Waals surface area contributed by atoms with E-state index in [-0.39, 0.29) is 11.9 Å². The van der Waals surface area contributed by atoms with Crippen LogP contribution in [0, 0.1) is 18.7 Å². The summed E-state index contributed by atoms with van der Waals surface area (Å²) < 4.78 is 13.4. The molecule has 1 aromatic rings. The highest BCUT2D eigenvalue weighted by molar-refractivity contribution is 5.26. The molecule has 0 radical (unpaired) electrons. The smallest absolute Gasteiger partial charge is 0.126 e. The van der Waals surface area contributed by atoms with Crippen molar-refractivity contribution < 1.29 is 4.39 Å². The minimum atomic E-state index is -0.115. The molecule has 1 aromatic carbocycles. The normalized spacial score (nSPS) is 15.0. The summed E-state index contributed by atoms with van der Waals surface area (Å²) in [5.41, 5.74) is 1.74. The standard InChI is InChI=1S/C13H20FN/c1-5-9(2)13(15-4)11-7-6-10(3)12(14)8-11/h6-9,13,15H,5H2,1-4H3. The van der Waals surface area contributed by atoms with Gasteiger partial charge in [-0.3, -0.25) is 0 Å². The topological polar surface area (TPSA) is 12.0 Å². The number of benzene rings is 1. The Morgan fingerprint density at radius 1 is 1.40 bits per heavy atom. The van der Waals surface area contributed by atoms with Crippen LogP contribution < -0.4 is 5.32 Å². The summed E-state index contributed by atoms with van der Waals surface area (Å²) in [5, 5.41) is 3.25. The molecule has 0 amide bonds. The third-order valence-corrected chi connectivity index (χ3v) is 3.08. The van der Waals surface area contributed by atoms with Gasteiger partial charge in [-0.2, -0.15) is 0 Å². The van der Waals surface area contributed by atoms with Crippen molar-refractivity contribution in [2.75, 3.05) is 7.05 Å². The molecule has 0 aromatic heterocycles. The average molecular weight is 209 g/mol. The molecular weight excluding hydrogens is 189 g/mol. The number of hydrogen-bond donors (Lipinski definition) is 1. The minimum absolute atomic E-state index is 0.115. The molecule has 0 aliphatic heterocycles. The van der Waals surface area contributed by atoms with Crippen molar-refractivity contribution in [1.82, 2.24) is 5.32 Å². The summed E-state index contributed by atoms with van der Waals surface area (Å²) in [5.74, 6) is 0.396. The fourth-order valence-electron chi connectivity index (χ4n) is 1.82. The Kier molecular flexibility index (Phi) is 4.28. The van der Waals surface area contributed by atoms with Gasteiger partial charge in [0.2, 0.25) is 0 Å². The number of hydrogen-bond acceptors (Lipinski definition) is 1. The molecule has 2 atom stereocenters. The zero-order chi connectivity index (χ0) is 11.4. The molecule has 84 valence electrons. The van der Waals surface area contributed by atoms with Gasteiger partial charge in [-0.25, -0.2) is 4.39 Å². The summed E-state index contributed by atoms with van der Waals surface area (Å²) in [6.45, 7) is 6.12. The van der Waals surface area contributed by atoms with Crippen LogP contribution in [0.3, 0.4) is 0 Å². The maximum absolute atomic E-state index is 13.4. The van der Waals surface area contributed by atoms with Crippen LogP contribution in [-0.4, -0.2) is 7.05 Å². The maximum atomic E-state index is 13.4. The lowest BCUT2D eigenvalue weighted by atomic mass is 9.92. The van der Waals surface area contributed by atoms with Crippen LogP contribution in [0.1, 0.15) is 37.4 Å². The van der Waals surface area contributed by atoms with E-state index in [4.69, 9.17) is 0 Å². The fraction of sp³-hybridized carbons (Fsp3) is 0.538. The van der Waals surface area contributed by atoms with Crippen molar-refractivity contribution in [2.24, 2.45) is 5.92 Å². The lowest BCUT2D eigenvalue weighted by molar-refractivity contribution is 0.399. The molecule has 0 aliphatic rings. The van der Waals surface area contributed by atoms with Crippen molar-refractivity contribution in [3.63, 3.8) is 0 Å². The molecule has 1 nitrogen and oxygen atoms in total. The zero-order valence-corrected chi connectivity index (χ0v) is 9.97. The first-order valence-corrected chi connectivity index (χ1v) is 5.53. The molecule has 2 heteroatoms. The molecular formula is C13H20FN. The summed E-state index contributed by atoms with van der Waals surface area (Å²) >= 11 is 0. The molecule has 0 heterocycles. The zero-order valence-electron chi connectivity index (χ0n) is 9.97. The lowest BCUT2D eigenvalue weighted by Gasteiger charge is -2.23. The fourth-order valence-corrected chi connectivity index (χ4v) is 1.82. The molecule has 0 saturated carbocycles. The Bertz CT molecular complexity index is 322. The molecule has 0 fully saturated rings. The van der Waals surface area contributed by atoms with Gasteiger partial charge >= 0.3 is 0 Å². The van der Waals surface area contributed by atoms with E-state index < -0.39 is 0 Å². The van der Waals surface area contributed by atoms with Crippen LogP contribution in [0.2, 0.25) is 0 Å². The Balaban J connectivity index is 2.97. The second-order valence-electron chi connectivity index (χ2n) is 4.16. The molecule has 0 spiro atoms. The first-order chi connectivity index (χ1) is 7.10. The highest BCUT2D eigenvalue weighted by Crippen LogP contribution is 2.25. The predicted octanol–water partition coefficient (Wildman–Crippen LogP) is 3.44. The predicted molar refractivity (Wildman–Crippen MR) is 62.4 cm³/mol. The van der Waals surface area contributed by atoms with E-state index in [2.05, 4.69) is 19.2 Å². The number of halogens is 1. The van der Waals surface area contributed by atoms with Crippen molar-refractivity contribution in [2.45, 2.75) is 33.2 Å². The summed E-state index contributed by atoms with van der Waals surface area (Å²) in [7, 11) is 1.93. The van der Waals surface area contributed by atoms with Gasteiger partial charge in [0.05, 0.1) is 0 Å². The molecule has 0 bridgehead atoms. The van der Waals surface area contributed by atoms with E-state index in [1.54, 1.807) is 13.0 Å². The Morgan fingerprint density at radius 2 is 2.07 bits per heavy atom. The first kappa shape index (κ1) is 12.2. The van der Waals surface area contributed by atoms with Gasteiger partial charge in [0.1, 0.15) is 5.82 Å². The van der Waals surface area contributed by atoms with Crippen LogP contribution in [0.5, 0.6) is 0 Å². The lowest BCUT2D eigenvalue weighted by Crippen LogP contribution is -2.23. The molecule has 1 N–H and O–H groups in total. The van der Waals surface area contributed by atoms with E-state index in [1.165, 1.54) is 0 Å². The SMILES string of the molecule is CCC(C)C(NC)c1ccc(C)c(F)c1. The van der Waals surface area contributed by atoms with Gasteiger partial charge in [-0.15, -0.1) is 0 Å². The van der Waals surface area contributed by atoms with Crippen LogP contribution in [0.4, 0.5) is 4.39 Å². The van der Waals surface area contributed by atoms with Gasteiger partial charge in [-0.1, -0.05) is 32.4 Å². The monoisotopic (exact) mass is 209 g/mol. The molecule has 0 aliphatic carbocycles. The van der Waals surface area contributed by atoms with Crippen molar-refractivity contribution >= 4 is 0 Å². The molecule has 15 heavy (non-hydrogen) atoms. The second-order valence-corrected chi connectivity index (χ2v) is 4.16. The summed E-state index contributed by atoms with van der Waals surface area (Å²) in [6.07, 6.45) is 1.08. The van der Waals surface area contributed by atoms with E-state index >= 15 is 0 Å². The van der Waals surface area contributed by atoms with E-state index in [1.807, 2.05) is 19.2 Å². The van der Waals surface area contributed by atoms with Gasteiger partial charge < -0.3 is 5.32 Å². The maximum Gasteiger partial charge on any atom is 0.126 e. The molecule has 1 rings (SSSR count). The second kappa shape index (κ2) is 5.26. The van der Waals surface area contributed by atoms with Crippen LogP contribution in [0.25, 0.3) is 0 Å². The Hall–Kier alpha value is -0.890. The number of aryl methyl sites for hydroxylation is 1. The number of rotatable bonds is 4. The molecule has 0 saturated heterocycles. The number of nitrogens with one attached hydrogen (secondary N) is 1. The third kappa shape index (κ3) is 2.78. The average Bonchev–Trinajstić information content (AvgIpc) is 2.24. The van der Waals surface area contributed by atoms with Gasteiger partial charge in [0, 0.05) is 6.04 Å². The van der Waals surface area contributed by atoms with E-state index in [0.29, 0.717) is 11.5 Å².